The minimum absolute atomic E-state index is 0.700. The van der Waals surface area contributed by atoms with Gasteiger partial charge in [-0.3, -0.25) is 0 Å². The average molecular weight is 316 g/mol. The number of benzene rings is 3. The molecule has 0 aromatic heterocycles. The van der Waals surface area contributed by atoms with Gasteiger partial charge in [0.25, 0.3) is 0 Å². The fourth-order valence-electron chi connectivity index (χ4n) is 2.35. The van der Waals surface area contributed by atoms with Crippen LogP contribution in [0.4, 0.5) is 0 Å². The number of carboxylic acid groups (broad SMARTS) is 1. The molecule has 0 aliphatic carbocycles. The van der Waals surface area contributed by atoms with Crippen LogP contribution in [-0.4, -0.2) is 11.1 Å². The van der Waals surface area contributed by atoms with Crippen molar-refractivity contribution in [2.75, 3.05) is 0 Å². The number of carboxylic acids is 1. The van der Waals surface area contributed by atoms with E-state index in [1.54, 1.807) is 6.08 Å². The van der Waals surface area contributed by atoms with Crippen molar-refractivity contribution >= 4 is 12.0 Å². The molecular formula is C21H16O3. The SMILES string of the molecule is O=C(O)C=Cc1ccc(Oc2ccccc2-c2ccccc2)cc1. The fraction of sp³-hybridized carbons (Fsp3) is 0. The lowest BCUT2D eigenvalue weighted by atomic mass is 10.0. The normalized spacial score (nSPS) is 10.7. The fourth-order valence-corrected chi connectivity index (χ4v) is 2.35. The summed E-state index contributed by atoms with van der Waals surface area (Å²) < 4.78 is 6.00. The van der Waals surface area contributed by atoms with E-state index in [2.05, 4.69) is 0 Å². The van der Waals surface area contributed by atoms with Crippen LogP contribution in [0.15, 0.2) is 84.9 Å². The van der Waals surface area contributed by atoms with Crippen molar-refractivity contribution in [3.8, 4) is 22.6 Å². The van der Waals surface area contributed by atoms with Crippen LogP contribution in [-0.2, 0) is 4.79 Å². The molecule has 0 radical (unpaired) electrons. The predicted octanol–water partition coefficient (Wildman–Crippen LogP) is 5.24. The van der Waals surface area contributed by atoms with Crippen molar-refractivity contribution in [3.05, 3.63) is 90.5 Å². The molecule has 24 heavy (non-hydrogen) atoms. The first-order chi connectivity index (χ1) is 11.7. The highest BCUT2D eigenvalue weighted by Crippen LogP contribution is 2.33. The summed E-state index contributed by atoms with van der Waals surface area (Å²) in [5, 5.41) is 8.65. The molecule has 1 N–H and O–H groups in total. The maximum absolute atomic E-state index is 10.5. The Bertz CT molecular complexity index is 850. The van der Waals surface area contributed by atoms with Crippen molar-refractivity contribution in [2.45, 2.75) is 0 Å². The smallest absolute Gasteiger partial charge is 0.328 e. The Balaban J connectivity index is 1.83. The van der Waals surface area contributed by atoms with Crippen LogP contribution in [0.5, 0.6) is 11.5 Å². The van der Waals surface area contributed by atoms with E-state index in [9.17, 15) is 4.79 Å². The van der Waals surface area contributed by atoms with Gasteiger partial charge < -0.3 is 9.84 Å². The highest BCUT2D eigenvalue weighted by atomic mass is 16.5. The standard InChI is InChI=1S/C21H16O3/c22-21(23)15-12-16-10-13-18(14-11-16)24-20-9-5-4-8-19(20)17-6-2-1-3-7-17/h1-15H,(H,22,23). The number of ether oxygens (including phenoxy) is 1. The van der Waals surface area contributed by atoms with Gasteiger partial charge >= 0.3 is 5.97 Å². The zero-order valence-electron chi connectivity index (χ0n) is 12.9. The molecule has 0 aliphatic heterocycles. The van der Waals surface area contributed by atoms with E-state index in [0.717, 1.165) is 28.5 Å². The molecule has 3 aromatic carbocycles. The molecule has 0 amide bonds. The van der Waals surface area contributed by atoms with Gasteiger partial charge in [0.15, 0.2) is 0 Å². The number of aliphatic carboxylic acids is 1. The molecule has 0 heterocycles. The average Bonchev–Trinajstić information content (AvgIpc) is 2.62. The van der Waals surface area contributed by atoms with Crippen molar-refractivity contribution in [3.63, 3.8) is 0 Å². The molecule has 118 valence electrons. The second-order valence-electron chi connectivity index (χ2n) is 5.20. The molecule has 0 saturated heterocycles. The molecule has 0 aliphatic rings. The van der Waals surface area contributed by atoms with Crippen molar-refractivity contribution in [2.24, 2.45) is 0 Å². The third-order valence-corrected chi connectivity index (χ3v) is 3.50. The van der Waals surface area contributed by atoms with Gasteiger partial charge in [-0.2, -0.15) is 0 Å². The topological polar surface area (TPSA) is 46.5 Å². The first-order valence-corrected chi connectivity index (χ1v) is 7.56. The third kappa shape index (κ3) is 3.90. The van der Waals surface area contributed by atoms with E-state index in [0.29, 0.717) is 5.75 Å². The summed E-state index contributed by atoms with van der Waals surface area (Å²) in [5.41, 5.74) is 2.92. The highest BCUT2D eigenvalue weighted by molar-refractivity contribution is 5.85. The summed E-state index contributed by atoms with van der Waals surface area (Å²) in [6.07, 6.45) is 2.66. The second-order valence-corrected chi connectivity index (χ2v) is 5.20. The van der Waals surface area contributed by atoms with E-state index in [4.69, 9.17) is 9.84 Å². The van der Waals surface area contributed by atoms with Crippen LogP contribution in [0.3, 0.4) is 0 Å². The molecule has 3 heteroatoms. The molecule has 0 saturated carbocycles. The molecule has 0 fully saturated rings. The van der Waals surface area contributed by atoms with Gasteiger partial charge in [-0.1, -0.05) is 60.7 Å². The van der Waals surface area contributed by atoms with E-state index in [-0.39, 0.29) is 0 Å². The minimum atomic E-state index is -0.966. The first-order valence-electron chi connectivity index (χ1n) is 7.56. The molecule has 3 rings (SSSR count). The zero-order chi connectivity index (χ0) is 16.8. The van der Waals surface area contributed by atoms with Gasteiger partial charge in [-0.15, -0.1) is 0 Å². The number of hydrogen-bond acceptors (Lipinski definition) is 2. The van der Waals surface area contributed by atoms with Gasteiger partial charge in [0.2, 0.25) is 0 Å². The second kappa shape index (κ2) is 7.29. The summed E-state index contributed by atoms with van der Waals surface area (Å²) in [4.78, 5) is 10.5. The monoisotopic (exact) mass is 316 g/mol. The lowest BCUT2D eigenvalue weighted by Gasteiger charge is -2.11. The van der Waals surface area contributed by atoms with Crippen LogP contribution in [0.1, 0.15) is 5.56 Å². The number of para-hydroxylation sites is 1. The Morgan fingerprint density at radius 3 is 2.21 bits per heavy atom. The third-order valence-electron chi connectivity index (χ3n) is 3.50. The Morgan fingerprint density at radius 1 is 0.833 bits per heavy atom. The summed E-state index contributed by atoms with van der Waals surface area (Å²) in [6.45, 7) is 0. The predicted molar refractivity (Wildman–Crippen MR) is 95.1 cm³/mol. The number of carbonyl (C=O) groups is 1. The molecule has 0 atom stereocenters. The lowest BCUT2D eigenvalue weighted by Crippen LogP contribution is -1.88. The Hall–Kier alpha value is -3.33. The molecular weight excluding hydrogens is 300 g/mol. The molecule has 3 aromatic rings. The van der Waals surface area contributed by atoms with Crippen molar-refractivity contribution in [1.82, 2.24) is 0 Å². The summed E-state index contributed by atoms with van der Waals surface area (Å²) >= 11 is 0. The van der Waals surface area contributed by atoms with Crippen LogP contribution < -0.4 is 4.74 Å². The minimum Gasteiger partial charge on any atom is -0.478 e. The first kappa shape index (κ1) is 15.6. The molecule has 0 unspecified atom stereocenters. The highest BCUT2D eigenvalue weighted by Gasteiger charge is 2.06. The van der Waals surface area contributed by atoms with Gasteiger partial charge in [0.1, 0.15) is 11.5 Å². The molecule has 0 spiro atoms. The van der Waals surface area contributed by atoms with Crippen LogP contribution in [0.25, 0.3) is 17.2 Å². The maximum Gasteiger partial charge on any atom is 0.328 e. The largest absolute Gasteiger partial charge is 0.478 e. The Morgan fingerprint density at radius 2 is 1.50 bits per heavy atom. The summed E-state index contributed by atoms with van der Waals surface area (Å²) in [7, 11) is 0. The molecule has 0 bridgehead atoms. The zero-order valence-corrected chi connectivity index (χ0v) is 12.9. The van der Waals surface area contributed by atoms with Crippen LogP contribution in [0, 0.1) is 0 Å². The summed E-state index contributed by atoms with van der Waals surface area (Å²) in [6, 6.07) is 25.2. The lowest BCUT2D eigenvalue weighted by molar-refractivity contribution is -0.131. The Kier molecular flexibility index (Phi) is 4.73. The van der Waals surface area contributed by atoms with E-state index < -0.39 is 5.97 Å². The van der Waals surface area contributed by atoms with Crippen LogP contribution >= 0.6 is 0 Å². The van der Waals surface area contributed by atoms with Gasteiger partial charge in [-0.25, -0.2) is 4.79 Å². The number of rotatable bonds is 5. The van der Waals surface area contributed by atoms with Crippen molar-refractivity contribution in [1.29, 1.82) is 0 Å². The van der Waals surface area contributed by atoms with Crippen LogP contribution in [0.2, 0.25) is 0 Å². The number of hydrogen-bond donors (Lipinski definition) is 1. The van der Waals surface area contributed by atoms with Crippen molar-refractivity contribution < 1.29 is 14.6 Å². The Labute approximate surface area is 140 Å². The summed E-state index contributed by atoms with van der Waals surface area (Å²) in [5.74, 6) is 0.510. The molecule has 3 nitrogen and oxygen atoms in total. The van der Waals surface area contributed by atoms with E-state index in [1.807, 2.05) is 78.9 Å². The van der Waals surface area contributed by atoms with Gasteiger partial charge in [0.05, 0.1) is 0 Å². The van der Waals surface area contributed by atoms with E-state index >= 15 is 0 Å². The quantitative estimate of drug-likeness (QED) is 0.654. The van der Waals surface area contributed by atoms with Gasteiger partial charge in [-0.05, 0) is 35.4 Å². The van der Waals surface area contributed by atoms with Gasteiger partial charge in [0, 0.05) is 11.6 Å². The van der Waals surface area contributed by atoms with E-state index in [1.165, 1.54) is 0 Å². The maximum atomic E-state index is 10.5.